The summed E-state index contributed by atoms with van der Waals surface area (Å²) >= 11 is 0. The van der Waals surface area contributed by atoms with E-state index in [2.05, 4.69) is 27.7 Å². The minimum atomic E-state index is -2.53. The molecule has 4 rings (SSSR count). The molecule has 0 bridgehead atoms. The summed E-state index contributed by atoms with van der Waals surface area (Å²) in [4.78, 5) is 11.6. The third kappa shape index (κ3) is 3.43. The molecule has 0 heterocycles. The molecule has 4 heteroatoms. The zero-order valence-corrected chi connectivity index (χ0v) is 19.7. The van der Waals surface area contributed by atoms with Crippen molar-refractivity contribution in [2.24, 2.45) is 52.3 Å². The van der Waals surface area contributed by atoms with Gasteiger partial charge in [-0.1, -0.05) is 34.1 Å². The van der Waals surface area contributed by atoms with E-state index in [1.165, 1.54) is 13.5 Å². The van der Waals surface area contributed by atoms with Gasteiger partial charge in [0.2, 0.25) is 0 Å². The largest absolute Gasteiger partial charge is 0.469 e. The average Bonchev–Trinajstić information content (AvgIpc) is 3.04. The standard InChI is InChI=1S/C26H42F2O2/c1-16-10-12-24(3)18(14-16)15-26(27,28)23-20-8-7-19(17(2)6-9-22(29)30-5)25(20,4)13-11-21(23)24/h16-21,23H,6-15H2,1-5H3/t16-,17-,18+,19?,20+,21+,23+,24+,25-/m1/s1. The van der Waals surface area contributed by atoms with Gasteiger partial charge < -0.3 is 4.74 Å². The molecule has 30 heavy (non-hydrogen) atoms. The number of methoxy groups -OCH3 is 1. The maximum atomic E-state index is 15.8. The molecule has 9 atom stereocenters. The van der Waals surface area contributed by atoms with Crippen LogP contribution in [0.2, 0.25) is 0 Å². The molecule has 4 fully saturated rings. The Hall–Kier alpha value is -0.670. The van der Waals surface area contributed by atoms with Crippen molar-refractivity contribution in [3.8, 4) is 0 Å². The Kier molecular flexibility index (Phi) is 5.80. The van der Waals surface area contributed by atoms with Gasteiger partial charge >= 0.3 is 5.97 Å². The van der Waals surface area contributed by atoms with Gasteiger partial charge in [-0.3, -0.25) is 4.79 Å². The smallest absolute Gasteiger partial charge is 0.305 e. The van der Waals surface area contributed by atoms with E-state index in [-0.39, 0.29) is 41.0 Å². The lowest BCUT2D eigenvalue weighted by atomic mass is 9.43. The number of hydrogen-bond acceptors (Lipinski definition) is 2. The Morgan fingerprint density at radius 3 is 2.43 bits per heavy atom. The zero-order valence-electron chi connectivity index (χ0n) is 19.7. The fraction of sp³-hybridized carbons (Fsp3) is 0.962. The van der Waals surface area contributed by atoms with Crippen LogP contribution < -0.4 is 0 Å². The third-order valence-electron chi connectivity index (χ3n) is 10.7. The maximum absolute atomic E-state index is 15.8. The van der Waals surface area contributed by atoms with Crippen LogP contribution in [0.3, 0.4) is 0 Å². The van der Waals surface area contributed by atoms with E-state index in [0.29, 0.717) is 24.2 Å². The van der Waals surface area contributed by atoms with Crippen LogP contribution in [0.1, 0.15) is 91.9 Å². The van der Waals surface area contributed by atoms with Gasteiger partial charge in [-0.05, 0) is 91.3 Å². The van der Waals surface area contributed by atoms with Gasteiger partial charge in [-0.2, -0.15) is 0 Å². The Morgan fingerprint density at radius 1 is 1.07 bits per heavy atom. The van der Waals surface area contributed by atoms with Crippen LogP contribution in [0.5, 0.6) is 0 Å². The monoisotopic (exact) mass is 424 g/mol. The second-order valence-electron chi connectivity index (χ2n) is 12.1. The topological polar surface area (TPSA) is 26.3 Å². The molecule has 1 unspecified atom stereocenters. The molecule has 0 aliphatic heterocycles. The predicted molar refractivity (Wildman–Crippen MR) is 115 cm³/mol. The molecule has 0 aromatic rings. The highest BCUT2D eigenvalue weighted by atomic mass is 19.3. The first-order valence-corrected chi connectivity index (χ1v) is 12.5. The molecule has 0 saturated heterocycles. The van der Waals surface area contributed by atoms with Crippen LogP contribution in [-0.4, -0.2) is 19.0 Å². The van der Waals surface area contributed by atoms with E-state index in [9.17, 15) is 4.79 Å². The molecule has 0 radical (unpaired) electrons. The molecule has 4 aliphatic carbocycles. The second kappa shape index (κ2) is 7.73. The number of rotatable bonds is 4. The van der Waals surface area contributed by atoms with Gasteiger partial charge in [0.25, 0.3) is 5.92 Å². The average molecular weight is 425 g/mol. The van der Waals surface area contributed by atoms with Crippen LogP contribution in [0.15, 0.2) is 0 Å². The lowest BCUT2D eigenvalue weighted by molar-refractivity contribution is -0.235. The first-order valence-electron chi connectivity index (χ1n) is 12.5. The summed E-state index contributed by atoms with van der Waals surface area (Å²) in [6, 6.07) is 0. The zero-order chi connectivity index (χ0) is 21.9. The summed E-state index contributed by atoms with van der Waals surface area (Å²) in [6.45, 7) is 9.16. The number of ether oxygens (including phenoxy) is 1. The summed E-state index contributed by atoms with van der Waals surface area (Å²) in [5.74, 6) is -1.20. The number of alkyl halides is 2. The van der Waals surface area contributed by atoms with Gasteiger partial charge in [0, 0.05) is 18.8 Å². The van der Waals surface area contributed by atoms with Crippen LogP contribution in [0, 0.1) is 52.3 Å². The Labute approximate surface area is 181 Å². The third-order valence-corrected chi connectivity index (χ3v) is 10.7. The molecule has 0 N–H and O–H groups in total. The minimum absolute atomic E-state index is 0.00864. The molecular weight excluding hydrogens is 382 g/mol. The van der Waals surface area contributed by atoms with Crippen molar-refractivity contribution in [2.45, 2.75) is 97.8 Å². The predicted octanol–water partition coefficient (Wildman–Crippen LogP) is 7.12. The molecule has 0 aromatic heterocycles. The molecule has 0 amide bonds. The first-order chi connectivity index (χ1) is 14.0. The number of esters is 1. The van der Waals surface area contributed by atoms with Crippen LogP contribution in [0.25, 0.3) is 0 Å². The van der Waals surface area contributed by atoms with Crippen molar-refractivity contribution >= 4 is 5.97 Å². The Balaban J connectivity index is 1.57. The number of fused-ring (bicyclic) bond motifs is 5. The van der Waals surface area contributed by atoms with Gasteiger partial charge in [0.15, 0.2) is 0 Å². The lowest BCUT2D eigenvalue weighted by Gasteiger charge is -2.63. The van der Waals surface area contributed by atoms with E-state index in [0.717, 1.165) is 44.9 Å². The quantitative estimate of drug-likeness (QED) is 0.449. The first kappa shape index (κ1) is 22.5. The highest BCUT2D eigenvalue weighted by Gasteiger charge is 2.68. The second-order valence-corrected chi connectivity index (χ2v) is 12.1. The summed E-state index contributed by atoms with van der Waals surface area (Å²) in [7, 11) is 1.44. The molecule has 4 saturated carbocycles. The molecule has 4 aliphatic rings. The summed E-state index contributed by atoms with van der Waals surface area (Å²) in [6.07, 6.45) is 8.73. The van der Waals surface area contributed by atoms with E-state index in [1.54, 1.807) is 0 Å². The fourth-order valence-corrected chi connectivity index (χ4v) is 9.00. The Bertz CT molecular complexity index is 663. The lowest BCUT2D eigenvalue weighted by Crippen LogP contribution is -2.60. The van der Waals surface area contributed by atoms with Crippen molar-refractivity contribution in [3.05, 3.63) is 0 Å². The van der Waals surface area contributed by atoms with Crippen LogP contribution in [-0.2, 0) is 9.53 Å². The van der Waals surface area contributed by atoms with E-state index >= 15 is 8.78 Å². The van der Waals surface area contributed by atoms with E-state index in [1.807, 2.05) is 0 Å². The van der Waals surface area contributed by atoms with Gasteiger partial charge in [0.05, 0.1) is 7.11 Å². The normalized spacial score (nSPS) is 48.2. The van der Waals surface area contributed by atoms with E-state index in [4.69, 9.17) is 4.74 Å². The van der Waals surface area contributed by atoms with Crippen molar-refractivity contribution < 1.29 is 18.3 Å². The molecule has 2 nitrogen and oxygen atoms in total. The van der Waals surface area contributed by atoms with Crippen molar-refractivity contribution in [2.75, 3.05) is 7.11 Å². The molecule has 0 spiro atoms. The fourth-order valence-electron chi connectivity index (χ4n) is 9.00. The highest BCUT2D eigenvalue weighted by Crippen LogP contribution is 2.71. The summed E-state index contributed by atoms with van der Waals surface area (Å²) in [5.41, 5.74) is 0.0973. The van der Waals surface area contributed by atoms with Crippen molar-refractivity contribution in [1.29, 1.82) is 0 Å². The van der Waals surface area contributed by atoms with Crippen molar-refractivity contribution in [3.63, 3.8) is 0 Å². The highest BCUT2D eigenvalue weighted by molar-refractivity contribution is 5.69. The molecule has 172 valence electrons. The SMILES string of the molecule is COC(=O)CC[C@@H](C)C1CC[C@H]2[C@H]3[C@H](CC[C@]12C)[C@@]1(C)CC[C@@H](C)C[C@H]1CC3(F)F. The summed E-state index contributed by atoms with van der Waals surface area (Å²) < 4.78 is 36.4. The van der Waals surface area contributed by atoms with Gasteiger partial charge in [0.1, 0.15) is 0 Å². The molecular formula is C26H42F2O2. The number of hydrogen-bond donors (Lipinski definition) is 0. The number of carbonyl (C=O) groups excluding carboxylic acids is 1. The summed E-state index contributed by atoms with van der Waals surface area (Å²) in [5, 5.41) is 0. The number of carbonyl (C=O) groups is 1. The van der Waals surface area contributed by atoms with Crippen molar-refractivity contribution in [1.82, 2.24) is 0 Å². The Morgan fingerprint density at radius 2 is 1.73 bits per heavy atom. The molecule has 0 aromatic carbocycles. The van der Waals surface area contributed by atoms with Gasteiger partial charge in [-0.15, -0.1) is 0 Å². The maximum Gasteiger partial charge on any atom is 0.305 e. The number of halogens is 2. The van der Waals surface area contributed by atoms with Crippen LogP contribution >= 0.6 is 0 Å². The van der Waals surface area contributed by atoms with Crippen LogP contribution in [0.4, 0.5) is 8.78 Å². The van der Waals surface area contributed by atoms with Gasteiger partial charge in [-0.25, -0.2) is 8.78 Å². The minimum Gasteiger partial charge on any atom is -0.469 e. The van der Waals surface area contributed by atoms with E-state index < -0.39 is 11.8 Å².